The third kappa shape index (κ3) is 4.83. The quantitative estimate of drug-likeness (QED) is 0.731. The summed E-state index contributed by atoms with van der Waals surface area (Å²) in [4.78, 5) is 0. The fraction of sp³-hybridized carbons (Fsp3) is 0.733. The Labute approximate surface area is 110 Å². The van der Waals surface area contributed by atoms with E-state index in [1.165, 1.54) is 38.6 Å². The standard InChI is InChI=1S/C15H26N2O/c1-13(12-15-8-5-11-18-15)16-10-4-7-14-6-2-3-9-17-14/h5,8,11,13-14,16-17H,2-4,6-7,9-10,12H2,1H3. The maximum Gasteiger partial charge on any atom is 0.105 e. The number of piperidine rings is 1. The van der Waals surface area contributed by atoms with E-state index < -0.39 is 0 Å². The third-order valence-electron chi connectivity index (χ3n) is 3.72. The van der Waals surface area contributed by atoms with Crippen LogP contribution in [0.5, 0.6) is 0 Å². The molecule has 0 saturated carbocycles. The Balaban J connectivity index is 1.52. The molecule has 1 aliphatic rings. The second kappa shape index (κ2) is 7.59. The van der Waals surface area contributed by atoms with E-state index in [0.717, 1.165) is 24.8 Å². The Morgan fingerprint density at radius 1 is 1.50 bits per heavy atom. The van der Waals surface area contributed by atoms with Crippen molar-refractivity contribution in [1.82, 2.24) is 10.6 Å². The van der Waals surface area contributed by atoms with Gasteiger partial charge in [0.25, 0.3) is 0 Å². The van der Waals surface area contributed by atoms with Gasteiger partial charge in [0, 0.05) is 18.5 Å². The van der Waals surface area contributed by atoms with Crippen molar-refractivity contribution in [3.63, 3.8) is 0 Å². The number of nitrogens with one attached hydrogen (secondary N) is 2. The maximum atomic E-state index is 5.36. The molecule has 0 radical (unpaired) electrons. The van der Waals surface area contributed by atoms with Crippen LogP contribution in [0.3, 0.4) is 0 Å². The minimum Gasteiger partial charge on any atom is -0.469 e. The van der Waals surface area contributed by atoms with Crippen LogP contribution in [0.4, 0.5) is 0 Å². The van der Waals surface area contributed by atoms with E-state index in [9.17, 15) is 0 Å². The van der Waals surface area contributed by atoms with Crippen LogP contribution < -0.4 is 10.6 Å². The van der Waals surface area contributed by atoms with Crippen molar-refractivity contribution in [3.05, 3.63) is 24.2 Å². The summed E-state index contributed by atoms with van der Waals surface area (Å²) < 4.78 is 5.36. The summed E-state index contributed by atoms with van der Waals surface area (Å²) in [5.41, 5.74) is 0. The van der Waals surface area contributed by atoms with Crippen molar-refractivity contribution in [2.24, 2.45) is 0 Å². The minimum absolute atomic E-state index is 0.496. The lowest BCUT2D eigenvalue weighted by Crippen LogP contribution is -2.35. The van der Waals surface area contributed by atoms with Gasteiger partial charge in [0.2, 0.25) is 0 Å². The van der Waals surface area contributed by atoms with E-state index in [0.29, 0.717) is 6.04 Å². The number of hydrogen-bond donors (Lipinski definition) is 2. The number of furan rings is 1. The molecule has 1 aromatic rings. The summed E-state index contributed by atoms with van der Waals surface area (Å²) in [6.07, 6.45) is 9.42. The van der Waals surface area contributed by atoms with Crippen molar-refractivity contribution in [2.45, 2.75) is 57.5 Å². The highest BCUT2D eigenvalue weighted by molar-refractivity contribution is 4.99. The van der Waals surface area contributed by atoms with Crippen molar-refractivity contribution < 1.29 is 4.42 Å². The molecule has 3 nitrogen and oxygen atoms in total. The lowest BCUT2D eigenvalue weighted by Gasteiger charge is -2.23. The zero-order valence-electron chi connectivity index (χ0n) is 11.5. The molecule has 1 aliphatic heterocycles. The predicted octanol–water partition coefficient (Wildman–Crippen LogP) is 2.72. The van der Waals surface area contributed by atoms with Gasteiger partial charge in [-0.15, -0.1) is 0 Å². The molecule has 1 aromatic heterocycles. The summed E-state index contributed by atoms with van der Waals surface area (Å²) in [7, 11) is 0. The molecular weight excluding hydrogens is 224 g/mol. The summed E-state index contributed by atoms with van der Waals surface area (Å²) in [6, 6.07) is 5.26. The number of hydrogen-bond acceptors (Lipinski definition) is 3. The molecule has 0 aromatic carbocycles. The van der Waals surface area contributed by atoms with Gasteiger partial charge in [-0.3, -0.25) is 0 Å². The van der Waals surface area contributed by atoms with Gasteiger partial charge in [0.1, 0.15) is 5.76 Å². The smallest absolute Gasteiger partial charge is 0.105 e. The van der Waals surface area contributed by atoms with Gasteiger partial charge < -0.3 is 15.1 Å². The molecule has 1 fully saturated rings. The van der Waals surface area contributed by atoms with Crippen molar-refractivity contribution >= 4 is 0 Å². The molecule has 2 N–H and O–H groups in total. The fourth-order valence-electron chi connectivity index (χ4n) is 2.67. The normalized spacial score (nSPS) is 21.9. The summed E-state index contributed by atoms with van der Waals surface area (Å²) in [5, 5.41) is 7.17. The SMILES string of the molecule is CC(Cc1ccco1)NCCCC1CCCCN1. The summed E-state index contributed by atoms with van der Waals surface area (Å²) >= 11 is 0. The molecule has 0 bridgehead atoms. The molecule has 0 spiro atoms. The van der Waals surface area contributed by atoms with E-state index in [1.807, 2.05) is 12.1 Å². The van der Waals surface area contributed by atoms with Crippen LogP contribution >= 0.6 is 0 Å². The Morgan fingerprint density at radius 3 is 3.17 bits per heavy atom. The second-order valence-corrected chi connectivity index (χ2v) is 5.43. The molecule has 102 valence electrons. The van der Waals surface area contributed by atoms with E-state index in [-0.39, 0.29) is 0 Å². The first-order valence-corrected chi connectivity index (χ1v) is 7.34. The first-order chi connectivity index (χ1) is 8.84. The molecular formula is C15H26N2O. The highest BCUT2D eigenvalue weighted by Crippen LogP contribution is 2.11. The van der Waals surface area contributed by atoms with Crippen LogP contribution in [0.25, 0.3) is 0 Å². The van der Waals surface area contributed by atoms with Gasteiger partial charge in [-0.05, 0) is 57.8 Å². The molecule has 2 atom stereocenters. The zero-order valence-corrected chi connectivity index (χ0v) is 11.5. The van der Waals surface area contributed by atoms with Gasteiger partial charge in [-0.25, -0.2) is 0 Å². The second-order valence-electron chi connectivity index (χ2n) is 5.43. The van der Waals surface area contributed by atoms with Crippen LogP contribution in [0.1, 0.15) is 44.8 Å². The van der Waals surface area contributed by atoms with Crippen molar-refractivity contribution in [1.29, 1.82) is 0 Å². The lowest BCUT2D eigenvalue weighted by atomic mass is 10.0. The maximum absolute atomic E-state index is 5.36. The third-order valence-corrected chi connectivity index (χ3v) is 3.72. The topological polar surface area (TPSA) is 37.2 Å². The summed E-state index contributed by atoms with van der Waals surface area (Å²) in [6.45, 7) is 4.55. The lowest BCUT2D eigenvalue weighted by molar-refractivity contribution is 0.368. The van der Waals surface area contributed by atoms with E-state index in [1.54, 1.807) is 6.26 Å². The Bertz CT molecular complexity index is 304. The van der Waals surface area contributed by atoms with E-state index in [2.05, 4.69) is 17.6 Å². The molecule has 2 rings (SSSR count). The Morgan fingerprint density at radius 2 is 2.44 bits per heavy atom. The molecule has 2 unspecified atom stereocenters. The van der Waals surface area contributed by atoms with Gasteiger partial charge in [0.05, 0.1) is 6.26 Å². The average molecular weight is 250 g/mol. The average Bonchev–Trinajstić information content (AvgIpc) is 2.89. The van der Waals surface area contributed by atoms with Crippen LogP contribution in [-0.4, -0.2) is 25.2 Å². The molecule has 3 heteroatoms. The molecule has 1 saturated heterocycles. The highest BCUT2D eigenvalue weighted by Gasteiger charge is 2.11. The van der Waals surface area contributed by atoms with Gasteiger partial charge >= 0.3 is 0 Å². The molecule has 0 amide bonds. The Kier molecular flexibility index (Phi) is 5.75. The predicted molar refractivity (Wildman–Crippen MR) is 74.8 cm³/mol. The molecule has 2 heterocycles. The molecule has 18 heavy (non-hydrogen) atoms. The Hall–Kier alpha value is -0.800. The van der Waals surface area contributed by atoms with Gasteiger partial charge in [-0.2, -0.15) is 0 Å². The summed E-state index contributed by atoms with van der Waals surface area (Å²) in [5.74, 6) is 1.07. The van der Waals surface area contributed by atoms with Crippen molar-refractivity contribution in [3.8, 4) is 0 Å². The van der Waals surface area contributed by atoms with E-state index >= 15 is 0 Å². The first kappa shape index (κ1) is 13.6. The van der Waals surface area contributed by atoms with Gasteiger partial charge in [-0.1, -0.05) is 6.42 Å². The van der Waals surface area contributed by atoms with Crippen LogP contribution in [-0.2, 0) is 6.42 Å². The highest BCUT2D eigenvalue weighted by atomic mass is 16.3. The van der Waals surface area contributed by atoms with E-state index in [4.69, 9.17) is 4.42 Å². The zero-order chi connectivity index (χ0) is 12.6. The molecule has 0 aliphatic carbocycles. The first-order valence-electron chi connectivity index (χ1n) is 7.34. The van der Waals surface area contributed by atoms with Crippen LogP contribution in [0, 0.1) is 0 Å². The largest absolute Gasteiger partial charge is 0.469 e. The minimum atomic E-state index is 0.496. The van der Waals surface area contributed by atoms with Crippen LogP contribution in [0.2, 0.25) is 0 Å². The monoisotopic (exact) mass is 250 g/mol. The van der Waals surface area contributed by atoms with Gasteiger partial charge in [0.15, 0.2) is 0 Å². The number of rotatable bonds is 7. The van der Waals surface area contributed by atoms with Crippen LogP contribution in [0.15, 0.2) is 22.8 Å². The fourth-order valence-corrected chi connectivity index (χ4v) is 2.67. The van der Waals surface area contributed by atoms with Crippen molar-refractivity contribution in [2.75, 3.05) is 13.1 Å².